The highest BCUT2D eigenvalue weighted by molar-refractivity contribution is 5.54. The highest BCUT2D eigenvalue weighted by Crippen LogP contribution is 2.24. The minimum Gasteiger partial charge on any atom is -0.491 e. The van der Waals surface area contributed by atoms with Gasteiger partial charge >= 0.3 is 0 Å². The Bertz CT molecular complexity index is 513. The number of ether oxygens (including phenoxy) is 1. The molecule has 90 valence electrons. The van der Waals surface area contributed by atoms with Crippen molar-refractivity contribution in [3.05, 3.63) is 29.9 Å². The van der Waals surface area contributed by atoms with E-state index in [2.05, 4.69) is 10.2 Å². The summed E-state index contributed by atoms with van der Waals surface area (Å²) in [6.45, 7) is 2.36. The van der Waals surface area contributed by atoms with Crippen molar-refractivity contribution >= 4 is 0 Å². The molecule has 0 fully saturated rings. The van der Waals surface area contributed by atoms with Crippen molar-refractivity contribution in [3.8, 4) is 17.2 Å². The standard InChI is InChI=1S/C11H12FN3O2/c1-2-16-9-4-3-7(5-8(9)12)11-15-14-10(6-13)17-11/h3-5H,2,6,13H2,1H3. The minimum atomic E-state index is -0.461. The van der Waals surface area contributed by atoms with E-state index in [0.717, 1.165) is 0 Å². The first-order valence-corrected chi connectivity index (χ1v) is 5.19. The molecule has 5 nitrogen and oxygen atoms in total. The molecule has 0 saturated heterocycles. The topological polar surface area (TPSA) is 74.2 Å². The molecule has 6 heteroatoms. The Morgan fingerprint density at radius 3 is 2.82 bits per heavy atom. The lowest BCUT2D eigenvalue weighted by Gasteiger charge is -2.04. The minimum absolute atomic E-state index is 0.159. The molecule has 0 unspecified atom stereocenters. The summed E-state index contributed by atoms with van der Waals surface area (Å²) in [7, 11) is 0. The summed E-state index contributed by atoms with van der Waals surface area (Å²) in [5.41, 5.74) is 5.84. The molecule has 0 aliphatic carbocycles. The molecule has 0 aliphatic heterocycles. The second-order valence-electron chi connectivity index (χ2n) is 3.28. The third-order valence-corrected chi connectivity index (χ3v) is 2.12. The number of halogens is 1. The molecular formula is C11H12FN3O2. The Hall–Kier alpha value is -1.95. The van der Waals surface area contributed by atoms with Crippen LogP contribution in [0.25, 0.3) is 11.5 Å². The van der Waals surface area contributed by atoms with Gasteiger partial charge in [-0.3, -0.25) is 0 Å². The van der Waals surface area contributed by atoms with Crippen molar-refractivity contribution < 1.29 is 13.5 Å². The zero-order valence-electron chi connectivity index (χ0n) is 9.31. The van der Waals surface area contributed by atoms with Gasteiger partial charge < -0.3 is 14.9 Å². The lowest BCUT2D eigenvalue weighted by molar-refractivity contribution is 0.321. The quantitative estimate of drug-likeness (QED) is 0.876. The van der Waals surface area contributed by atoms with Crippen molar-refractivity contribution in [1.82, 2.24) is 10.2 Å². The van der Waals surface area contributed by atoms with Crippen LogP contribution >= 0.6 is 0 Å². The molecule has 2 aromatic rings. The summed E-state index contributed by atoms with van der Waals surface area (Å²) in [5, 5.41) is 7.47. The van der Waals surface area contributed by atoms with Gasteiger partial charge in [0.2, 0.25) is 11.8 Å². The summed E-state index contributed by atoms with van der Waals surface area (Å²) in [4.78, 5) is 0. The van der Waals surface area contributed by atoms with E-state index in [0.29, 0.717) is 18.1 Å². The zero-order valence-corrected chi connectivity index (χ0v) is 9.31. The Kier molecular flexibility index (Phi) is 3.34. The molecule has 0 bridgehead atoms. The van der Waals surface area contributed by atoms with Crippen LogP contribution in [0.2, 0.25) is 0 Å². The smallest absolute Gasteiger partial charge is 0.247 e. The monoisotopic (exact) mass is 237 g/mol. The van der Waals surface area contributed by atoms with Crippen LogP contribution in [0.1, 0.15) is 12.8 Å². The molecule has 1 aromatic heterocycles. The van der Waals surface area contributed by atoms with E-state index in [1.807, 2.05) is 0 Å². The Morgan fingerprint density at radius 2 is 2.24 bits per heavy atom. The molecule has 0 spiro atoms. The summed E-state index contributed by atoms with van der Waals surface area (Å²) in [6, 6.07) is 4.47. The second-order valence-corrected chi connectivity index (χ2v) is 3.28. The van der Waals surface area contributed by atoms with E-state index in [1.54, 1.807) is 13.0 Å². The summed E-state index contributed by atoms with van der Waals surface area (Å²) < 4.78 is 23.9. The van der Waals surface area contributed by atoms with Gasteiger partial charge in [-0.15, -0.1) is 10.2 Å². The second kappa shape index (κ2) is 4.92. The summed E-state index contributed by atoms with van der Waals surface area (Å²) in [5.74, 6) is 0.299. The molecule has 2 N–H and O–H groups in total. The third kappa shape index (κ3) is 2.42. The van der Waals surface area contributed by atoms with Crippen LogP contribution in [0.4, 0.5) is 4.39 Å². The lowest BCUT2D eigenvalue weighted by Crippen LogP contribution is -1.95. The number of benzene rings is 1. The van der Waals surface area contributed by atoms with Gasteiger partial charge in [0.05, 0.1) is 13.2 Å². The summed E-state index contributed by atoms with van der Waals surface area (Å²) >= 11 is 0. The molecule has 2 rings (SSSR count). The van der Waals surface area contributed by atoms with Gasteiger partial charge in [0.15, 0.2) is 11.6 Å². The maximum Gasteiger partial charge on any atom is 0.247 e. The normalized spacial score (nSPS) is 10.5. The zero-order chi connectivity index (χ0) is 12.3. The fraction of sp³-hybridized carbons (Fsp3) is 0.273. The molecular weight excluding hydrogens is 225 g/mol. The third-order valence-electron chi connectivity index (χ3n) is 2.12. The predicted octanol–water partition coefficient (Wildman–Crippen LogP) is 1.73. The van der Waals surface area contributed by atoms with Crippen LogP contribution < -0.4 is 10.5 Å². The molecule has 0 saturated carbocycles. The van der Waals surface area contributed by atoms with Gasteiger partial charge in [-0.1, -0.05) is 0 Å². The number of hydrogen-bond acceptors (Lipinski definition) is 5. The molecule has 0 aliphatic rings. The van der Waals surface area contributed by atoms with Crippen LogP contribution in [0.15, 0.2) is 22.6 Å². The van der Waals surface area contributed by atoms with Crippen molar-refractivity contribution in [2.45, 2.75) is 13.5 Å². The number of nitrogens with two attached hydrogens (primary N) is 1. The van der Waals surface area contributed by atoms with Crippen molar-refractivity contribution in [3.63, 3.8) is 0 Å². The van der Waals surface area contributed by atoms with Gasteiger partial charge in [-0.2, -0.15) is 0 Å². The van der Waals surface area contributed by atoms with E-state index < -0.39 is 5.82 Å². The van der Waals surface area contributed by atoms with Crippen LogP contribution in [-0.2, 0) is 6.54 Å². The number of rotatable bonds is 4. The van der Waals surface area contributed by atoms with Crippen LogP contribution in [0.3, 0.4) is 0 Å². The Labute approximate surface area is 97.4 Å². The summed E-state index contributed by atoms with van der Waals surface area (Å²) in [6.07, 6.45) is 0. The van der Waals surface area contributed by atoms with Crippen molar-refractivity contribution in [2.75, 3.05) is 6.61 Å². The molecule has 0 atom stereocenters. The van der Waals surface area contributed by atoms with E-state index in [4.69, 9.17) is 14.9 Å². The molecule has 1 aromatic carbocycles. The van der Waals surface area contributed by atoms with E-state index in [-0.39, 0.29) is 18.2 Å². The lowest BCUT2D eigenvalue weighted by atomic mass is 10.2. The first-order valence-electron chi connectivity index (χ1n) is 5.19. The first-order chi connectivity index (χ1) is 8.24. The van der Waals surface area contributed by atoms with E-state index in [1.165, 1.54) is 12.1 Å². The highest BCUT2D eigenvalue weighted by Gasteiger charge is 2.11. The molecule has 17 heavy (non-hydrogen) atoms. The number of nitrogens with zero attached hydrogens (tertiary/aromatic N) is 2. The van der Waals surface area contributed by atoms with E-state index >= 15 is 0 Å². The van der Waals surface area contributed by atoms with Crippen molar-refractivity contribution in [1.29, 1.82) is 0 Å². The highest BCUT2D eigenvalue weighted by atomic mass is 19.1. The fourth-order valence-corrected chi connectivity index (χ4v) is 1.36. The number of hydrogen-bond donors (Lipinski definition) is 1. The maximum absolute atomic E-state index is 13.6. The Morgan fingerprint density at radius 1 is 1.41 bits per heavy atom. The van der Waals surface area contributed by atoms with Gasteiger partial charge in [-0.25, -0.2) is 4.39 Å². The average Bonchev–Trinajstić information content (AvgIpc) is 2.80. The fourth-order valence-electron chi connectivity index (χ4n) is 1.36. The molecule has 1 heterocycles. The van der Waals surface area contributed by atoms with Gasteiger partial charge in [0, 0.05) is 5.56 Å². The Balaban J connectivity index is 2.30. The molecule has 0 radical (unpaired) electrons. The van der Waals surface area contributed by atoms with Crippen LogP contribution in [0.5, 0.6) is 5.75 Å². The van der Waals surface area contributed by atoms with Gasteiger partial charge in [0.1, 0.15) is 0 Å². The van der Waals surface area contributed by atoms with Crippen molar-refractivity contribution in [2.24, 2.45) is 5.73 Å². The van der Waals surface area contributed by atoms with Crippen LogP contribution in [-0.4, -0.2) is 16.8 Å². The van der Waals surface area contributed by atoms with Gasteiger partial charge in [0.25, 0.3) is 0 Å². The van der Waals surface area contributed by atoms with E-state index in [9.17, 15) is 4.39 Å². The predicted molar refractivity (Wildman–Crippen MR) is 58.8 cm³/mol. The average molecular weight is 237 g/mol. The first kappa shape index (κ1) is 11.5. The SMILES string of the molecule is CCOc1ccc(-c2nnc(CN)o2)cc1F. The van der Waals surface area contributed by atoms with Gasteiger partial charge in [-0.05, 0) is 25.1 Å². The maximum atomic E-state index is 13.6. The van der Waals surface area contributed by atoms with Crippen LogP contribution in [0, 0.1) is 5.82 Å². The number of aromatic nitrogens is 2. The largest absolute Gasteiger partial charge is 0.491 e. The molecule has 0 amide bonds.